The van der Waals surface area contributed by atoms with Gasteiger partial charge in [0.15, 0.2) is 6.73 Å². The fraction of sp³-hybridized carbons (Fsp3) is 0.429. The smallest absolute Gasteiger partial charge is 0.159 e. The average Bonchev–Trinajstić information content (AvgIpc) is 2.33. The van der Waals surface area contributed by atoms with E-state index in [0.29, 0.717) is 6.73 Å². The molecule has 2 nitrogen and oxygen atoms in total. The highest BCUT2D eigenvalue weighted by Gasteiger charge is 2.14. The molecule has 2 rings (SSSR count). The Morgan fingerprint density at radius 2 is 2.22 bits per heavy atom. The minimum absolute atomic E-state index is 0.650. The Hall–Kier alpha value is -0.920. The van der Waals surface area contributed by atoms with Crippen LogP contribution in [0.25, 0.3) is 0 Å². The number of hydrogen-bond donors (Lipinski definition) is 1. The van der Waals surface area contributed by atoms with E-state index in [-0.39, 0.29) is 0 Å². The second-order valence-corrected chi connectivity index (χ2v) is 2.23. The van der Waals surface area contributed by atoms with Gasteiger partial charge in [0.2, 0.25) is 0 Å². The molecule has 0 aromatic carbocycles. The summed E-state index contributed by atoms with van der Waals surface area (Å²) in [6, 6.07) is 0. The second-order valence-electron chi connectivity index (χ2n) is 2.23. The third-order valence-electron chi connectivity index (χ3n) is 1.60. The summed E-state index contributed by atoms with van der Waals surface area (Å²) in [6.45, 7) is 0.650. The monoisotopic (exact) mass is 123 g/mol. The van der Waals surface area contributed by atoms with Crippen LogP contribution in [0, 0.1) is 0 Å². The molecule has 0 unspecified atom stereocenters. The van der Waals surface area contributed by atoms with Crippen LogP contribution in [0.2, 0.25) is 0 Å². The van der Waals surface area contributed by atoms with Gasteiger partial charge in [-0.15, -0.1) is 0 Å². The number of allylic oxidation sites excluding steroid dienone is 2. The van der Waals surface area contributed by atoms with Crippen molar-refractivity contribution in [2.45, 2.75) is 12.8 Å². The van der Waals surface area contributed by atoms with Crippen molar-refractivity contribution in [3.63, 3.8) is 0 Å². The molecule has 0 atom stereocenters. The number of hydrogen-bond acceptors (Lipinski definition) is 2. The van der Waals surface area contributed by atoms with Gasteiger partial charge in [0.05, 0.1) is 5.70 Å². The van der Waals surface area contributed by atoms with Crippen molar-refractivity contribution in [3.8, 4) is 0 Å². The van der Waals surface area contributed by atoms with E-state index in [1.807, 2.05) is 0 Å². The third-order valence-corrected chi connectivity index (χ3v) is 1.60. The molecule has 1 aliphatic heterocycles. The van der Waals surface area contributed by atoms with E-state index in [9.17, 15) is 0 Å². The van der Waals surface area contributed by atoms with Gasteiger partial charge in [0, 0.05) is 0 Å². The van der Waals surface area contributed by atoms with E-state index >= 15 is 0 Å². The molecule has 0 radical (unpaired) electrons. The lowest BCUT2D eigenvalue weighted by Crippen LogP contribution is -2.04. The predicted molar refractivity (Wildman–Crippen MR) is 34.5 cm³/mol. The number of rotatable bonds is 0. The topological polar surface area (TPSA) is 21.3 Å². The van der Waals surface area contributed by atoms with Crippen LogP contribution in [0.15, 0.2) is 23.6 Å². The molecule has 9 heavy (non-hydrogen) atoms. The fourth-order valence-electron chi connectivity index (χ4n) is 1.14. The van der Waals surface area contributed by atoms with Crippen molar-refractivity contribution in [1.82, 2.24) is 5.32 Å². The molecule has 0 amide bonds. The molecule has 48 valence electrons. The molecule has 2 heteroatoms. The minimum Gasteiger partial charge on any atom is -0.472 e. The average molecular weight is 123 g/mol. The van der Waals surface area contributed by atoms with E-state index in [1.165, 1.54) is 5.70 Å². The highest BCUT2D eigenvalue weighted by atomic mass is 16.5. The van der Waals surface area contributed by atoms with Crippen LogP contribution in [-0.4, -0.2) is 6.73 Å². The summed E-state index contributed by atoms with van der Waals surface area (Å²) < 4.78 is 5.24. The quantitative estimate of drug-likeness (QED) is 0.521. The highest BCUT2D eigenvalue weighted by molar-refractivity contribution is 5.29. The lowest BCUT2D eigenvalue weighted by Gasteiger charge is -2.02. The SMILES string of the molecule is C1=C2NCOC2=CCC1. The first-order valence-electron chi connectivity index (χ1n) is 3.24. The first-order valence-corrected chi connectivity index (χ1v) is 3.24. The first kappa shape index (κ1) is 4.91. The van der Waals surface area contributed by atoms with Crippen molar-refractivity contribution in [1.29, 1.82) is 0 Å². The van der Waals surface area contributed by atoms with Gasteiger partial charge in [-0.2, -0.15) is 0 Å². The molecule has 0 bridgehead atoms. The Balaban J connectivity index is 2.30. The van der Waals surface area contributed by atoms with E-state index in [0.717, 1.165) is 18.6 Å². The number of fused-ring (bicyclic) bond motifs is 1. The molecule has 0 aromatic rings. The van der Waals surface area contributed by atoms with Gasteiger partial charge in [-0.3, -0.25) is 0 Å². The van der Waals surface area contributed by atoms with E-state index < -0.39 is 0 Å². The molecular weight excluding hydrogens is 114 g/mol. The molecule has 0 spiro atoms. The van der Waals surface area contributed by atoms with Crippen molar-refractivity contribution in [2.24, 2.45) is 0 Å². The highest BCUT2D eigenvalue weighted by Crippen LogP contribution is 2.20. The maximum atomic E-state index is 5.24. The van der Waals surface area contributed by atoms with Crippen molar-refractivity contribution < 1.29 is 4.74 Å². The van der Waals surface area contributed by atoms with Crippen molar-refractivity contribution >= 4 is 0 Å². The standard InChI is InChI=1S/C7H9NO/c1-2-4-7-6(3-1)8-5-9-7/h3-4,8H,1-2,5H2. The zero-order valence-corrected chi connectivity index (χ0v) is 5.18. The summed E-state index contributed by atoms with van der Waals surface area (Å²) in [5.74, 6) is 1.04. The van der Waals surface area contributed by atoms with E-state index in [2.05, 4.69) is 17.5 Å². The molecule has 0 saturated carbocycles. The van der Waals surface area contributed by atoms with Gasteiger partial charge in [-0.05, 0) is 18.9 Å². The predicted octanol–water partition coefficient (Wildman–Crippen LogP) is 1.13. The van der Waals surface area contributed by atoms with Crippen LogP contribution in [0.1, 0.15) is 12.8 Å². The molecule has 1 N–H and O–H groups in total. The largest absolute Gasteiger partial charge is 0.472 e. The molecular formula is C7H9NO. The van der Waals surface area contributed by atoms with Gasteiger partial charge in [0.25, 0.3) is 0 Å². The molecule has 1 heterocycles. The Bertz CT molecular complexity index is 161. The maximum absolute atomic E-state index is 5.24. The number of nitrogens with one attached hydrogen (secondary N) is 1. The van der Waals surface area contributed by atoms with Gasteiger partial charge < -0.3 is 10.1 Å². The molecule has 0 aromatic heterocycles. The summed E-state index contributed by atoms with van der Waals surface area (Å²) in [4.78, 5) is 0. The maximum Gasteiger partial charge on any atom is 0.159 e. The normalized spacial score (nSPS) is 23.1. The summed E-state index contributed by atoms with van der Waals surface area (Å²) in [5.41, 5.74) is 1.18. The van der Waals surface area contributed by atoms with Crippen LogP contribution < -0.4 is 5.32 Å². The van der Waals surface area contributed by atoms with Gasteiger partial charge in [-0.25, -0.2) is 0 Å². The molecule has 1 fully saturated rings. The zero-order chi connectivity index (χ0) is 6.10. The Morgan fingerprint density at radius 3 is 3.11 bits per heavy atom. The molecule has 1 saturated heterocycles. The van der Waals surface area contributed by atoms with Gasteiger partial charge >= 0.3 is 0 Å². The summed E-state index contributed by atoms with van der Waals surface area (Å²) >= 11 is 0. The summed E-state index contributed by atoms with van der Waals surface area (Å²) in [6.07, 6.45) is 6.59. The summed E-state index contributed by atoms with van der Waals surface area (Å²) in [7, 11) is 0. The second kappa shape index (κ2) is 1.79. The molecule has 2 aliphatic rings. The van der Waals surface area contributed by atoms with Crippen LogP contribution in [0.4, 0.5) is 0 Å². The van der Waals surface area contributed by atoms with Crippen molar-refractivity contribution in [2.75, 3.05) is 6.73 Å². The Morgan fingerprint density at radius 1 is 1.33 bits per heavy atom. The van der Waals surface area contributed by atoms with Crippen LogP contribution >= 0.6 is 0 Å². The van der Waals surface area contributed by atoms with Gasteiger partial charge in [-0.1, -0.05) is 6.08 Å². The van der Waals surface area contributed by atoms with Crippen molar-refractivity contribution in [3.05, 3.63) is 23.6 Å². The first-order chi connectivity index (χ1) is 4.47. The van der Waals surface area contributed by atoms with E-state index in [4.69, 9.17) is 4.74 Å². The minimum atomic E-state index is 0.650. The fourth-order valence-corrected chi connectivity index (χ4v) is 1.14. The number of ether oxygens (including phenoxy) is 1. The van der Waals surface area contributed by atoms with Gasteiger partial charge in [0.1, 0.15) is 5.76 Å². The lowest BCUT2D eigenvalue weighted by atomic mass is 10.1. The lowest BCUT2D eigenvalue weighted by molar-refractivity contribution is 0.253. The van der Waals surface area contributed by atoms with E-state index in [1.54, 1.807) is 0 Å². The van der Waals surface area contributed by atoms with Crippen LogP contribution in [0.3, 0.4) is 0 Å². The van der Waals surface area contributed by atoms with Crippen LogP contribution in [-0.2, 0) is 4.74 Å². The summed E-state index contributed by atoms with van der Waals surface area (Å²) in [5, 5.41) is 3.13. The van der Waals surface area contributed by atoms with Crippen LogP contribution in [0.5, 0.6) is 0 Å². The molecule has 1 aliphatic carbocycles. The zero-order valence-electron chi connectivity index (χ0n) is 5.18. The third kappa shape index (κ3) is 0.707. The Labute approximate surface area is 54.2 Å². The Kier molecular flexibility index (Phi) is 0.979.